The maximum atomic E-state index is 13.7. The van der Waals surface area contributed by atoms with Crippen LogP contribution in [0.15, 0.2) is 65.4 Å². The molecule has 2 amide bonds. The third-order valence-electron chi connectivity index (χ3n) is 6.68. The predicted octanol–water partition coefficient (Wildman–Crippen LogP) is 3.56. The lowest BCUT2D eigenvalue weighted by molar-refractivity contribution is -0.125. The summed E-state index contributed by atoms with van der Waals surface area (Å²) >= 11 is 0. The lowest BCUT2D eigenvalue weighted by Crippen LogP contribution is -2.52. The molecular weight excluding hydrogens is 444 g/mol. The number of amides is 2. The van der Waals surface area contributed by atoms with Crippen molar-refractivity contribution < 1.29 is 14.0 Å². The van der Waals surface area contributed by atoms with E-state index in [4.69, 9.17) is 4.42 Å². The number of anilines is 1. The fourth-order valence-corrected chi connectivity index (χ4v) is 4.87. The van der Waals surface area contributed by atoms with Gasteiger partial charge in [0.05, 0.1) is 24.5 Å². The summed E-state index contributed by atoms with van der Waals surface area (Å²) in [5.74, 6) is -0.278. The Bertz CT molecular complexity index is 1560. The summed E-state index contributed by atoms with van der Waals surface area (Å²) in [5.41, 5.74) is 5.60. The summed E-state index contributed by atoms with van der Waals surface area (Å²) in [5, 5.41) is 15.1. The van der Waals surface area contributed by atoms with Crippen molar-refractivity contribution in [3.05, 3.63) is 83.6 Å². The largest absolute Gasteiger partial charge is 0.459 e. The molecule has 176 valence electrons. The highest BCUT2D eigenvalue weighted by atomic mass is 16.3. The SMILES string of the molecule is CNC(=O)C1Cc2c([nH]c3ccccc23)CN1C(=O)c1occc1CNc1ccc2[nH]ncc2c1. The molecule has 0 saturated carbocycles. The number of furan rings is 1. The van der Waals surface area contributed by atoms with Crippen molar-refractivity contribution in [3.63, 3.8) is 0 Å². The number of para-hydroxylation sites is 1. The lowest BCUT2D eigenvalue weighted by Gasteiger charge is -2.34. The summed E-state index contributed by atoms with van der Waals surface area (Å²) in [6.45, 7) is 0.697. The van der Waals surface area contributed by atoms with Gasteiger partial charge in [0.15, 0.2) is 5.76 Å². The first-order valence-electron chi connectivity index (χ1n) is 11.5. The Morgan fingerprint density at radius 1 is 1.17 bits per heavy atom. The van der Waals surface area contributed by atoms with Crippen LogP contribution < -0.4 is 10.6 Å². The van der Waals surface area contributed by atoms with E-state index in [9.17, 15) is 9.59 Å². The number of H-pyrrole nitrogens is 2. The summed E-state index contributed by atoms with van der Waals surface area (Å²) in [6.07, 6.45) is 3.71. The minimum absolute atomic E-state index is 0.200. The molecule has 9 nitrogen and oxygen atoms in total. The van der Waals surface area contributed by atoms with Gasteiger partial charge in [0.25, 0.3) is 5.91 Å². The van der Waals surface area contributed by atoms with Crippen LogP contribution in [0.3, 0.4) is 0 Å². The number of likely N-dealkylation sites (N-methyl/N-ethyl adjacent to an activating group) is 1. The number of nitrogens with one attached hydrogen (secondary N) is 4. The van der Waals surface area contributed by atoms with Crippen molar-refractivity contribution in [2.24, 2.45) is 0 Å². The molecule has 1 atom stereocenters. The van der Waals surface area contributed by atoms with E-state index < -0.39 is 6.04 Å². The molecular formula is C26H24N6O3. The van der Waals surface area contributed by atoms with Gasteiger partial charge in [0, 0.05) is 53.2 Å². The van der Waals surface area contributed by atoms with Gasteiger partial charge in [-0.2, -0.15) is 5.10 Å². The van der Waals surface area contributed by atoms with Gasteiger partial charge >= 0.3 is 0 Å². The average molecular weight is 469 g/mol. The van der Waals surface area contributed by atoms with Gasteiger partial charge in [-0.05, 0) is 35.9 Å². The monoisotopic (exact) mass is 468 g/mol. The summed E-state index contributed by atoms with van der Waals surface area (Å²) < 4.78 is 5.65. The van der Waals surface area contributed by atoms with Crippen molar-refractivity contribution in [1.29, 1.82) is 0 Å². The number of hydrogen-bond acceptors (Lipinski definition) is 5. The molecule has 0 bridgehead atoms. The molecule has 0 aliphatic carbocycles. The first kappa shape index (κ1) is 21.0. The molecule has 4 heterocycles. The molecule has 35 heavy (non-hydrogen) atoms. The first-order valence-corrected chi connectivity index (χ1v) is 11.5. The van der Waals surface area contributed by atoms with Crippen molar-refractivity contribution in [2.45, 2.75) is 25.6 Å². The highest BCUT2D eigenvalue weighted by Crippen LogP contribution is 2.32. The number of rotatable bonds is 5. The zero-order valence-corrected chi connectivity index (χ0v) is 19.1. The van der Waals surface area contributed by atoms with Gasteiger partial charge in [-0.3, -0.25) is 14.7 Å². The Balaban J connectivity index is 1.28. The Labute approximate surface area is 200 Å². The summed E-state index contributed by atoms with van der Waals surface area (Å²) in [7, 11) is 1.59. The number of aromatic nitrogens is 3. The van der Waals surface area contributed by atoms with Gasteiger partial charge in [0.2, 0.25) is 5.91 Å². The van der Waals surface area contributed by atoms with Gasteiger partial charge < -0.3 is 24.9 Å². The van der Waals surface area contributed by atoms with Crippen LogP contribution in [0.2, 0.25) is 0 Å². The Morgan fingerprint density at radius 3 is 2.94 bits per heavy atom. The third-order valence-corrected chi connectivity index (χ3v) is 6.68. The van der Waals surface area contributed by atoms with E-state index in [-0.39, 0.29) is 17.6 Å². The van der Waals surface area contributed by atoms with E-state index in [2.05, 4.69) is 25.8 Å². The van der Waals surface area contributed by atoms with Crippen LogP contribution in [-0.4, -0.2) is 45.0 Å². The van der Waals surface area contributed by atoms with Crippen molar-refractivity contribution >= 4 is 39.3 Å². The minimum atomic E-state index is -0.631. The Kier molecular flexibility index (Phi) is 5.02. The van der Waals surface area contributed by atoms with Gasteiger partial charge in [-0.15, -0.1) is 0 Å². The minimum Gasteiger partial charge on any atom is -0.459 e. The maximum Gasteiger partial charge on any atom is 0.290 e. The topological polar surface area (TPSA) is 119 Å². The molecule has 0 radical (unpaired) electrons. The van der Waals surface area contributed by atoms with Crippen LogP contribution in [0, 0.1) is 0 Å². The quantitative estimate of drug-likeness (QED) is 0.315. The first-order chi connectivity index (χ1) is 17.1. The fraction of sp³-hybridized carbons (Fsp3) is 0.192. The molecule has 2 aromatic carbocycles. The summed E-state index contributed by atoms with van der Waals surface area (Å²) in [6, 6.07) is 15.0. The van der Waals surface area contributed by atoms with Gasteiger partial charge in [-0.1, -0.05) is 18.2 Å². The molecule has 0 spiro atoms. The number of carbonyl (C=O) groups excluding carboxylic acids is 2. The van der Waals surface area contributed by atoms with Gasteiger partial charge in [-0.25, -0.2) is 0 Å². The van der Waals surface area contributed by atoms with Crippen LogP contribution in [0.1, 0.15) is 27.4 Å². The zero-order chi connectivity index (χ0) is 23.9. The number of benzene rings is 2. The molecule has 0 fully saturated rings. The number of aromatic amines is 2. The van der Waals surface area contributed by atoms with E-state index in [1.54, 1.807) is 24.2 Å². The molecule has 4 N–H and O–H groups in total. The smallest absolute Gasteiger partial charge is 0.290 e. The van der Waals surface area contributed by atoms with E-state index >= 15 is 0 Å². The highest BCUT2D eigenvalue weighted by molar-refractivity contribution is 5.98. The average Bonchev–Trinajstić information content (AvgIpc) is 3.63. The lowest BCUT2D eigenvalue weighted by atomic mass is 9.95. The highest BCUT2D eigenvalue weighted by Gasteiger charge is 2.38. The molecule has 0 saturated heterocycles. The second kappa shape index (κ2) is 8.35. The Hall–Kier alpha value is -4.53. The number of carbonyl (C=O) groups is 2. The predicted molar refractivity (Wildman–Crippen MR) is 132 cm³/mol. The molecule has 1 aliphatic heterocycles. The number of fused-ring (bicyclic) bond motifs is 4. The van der Waals surface area contributed by atoms with Crippen LogP contribution in [0.25, 0.3) is 21.8 Å². The molecule has 9 heteroatoms. The Morgan fingerprint density at radius 2 is 2.06 bits per heavy atom. The van der Waals surface area contributed by atoms with E-state index in [0.29, 0.717) is 19.5 Å². The number of nitrogens with zero attached hydrogens (tertiary/aromatic N) is 2. The molecule has 1 unspecified atom stereocenters. The second-order valence-electron chi connectivity index (χ2n) is 8.70. The van der Waals surface area contributed by atoms with E-state index in [0.717, 1.165) is 44.3 Å². The van der Waals surface area contributed by atoms with Crippen LogP contribution in [0.5, 0.6) is 0 Å². The van der Waals surface area contributed by atoms with Gasteiger partial charge in [0.1, 0.15) is 6.04 Å². The van der Waals surface area contributed by atoms with E-state index in [1.807, 2.05) is 42.5 Å². The molecule has 5 aromatic rings. The van der Waals surface area contributed by atoms with Crippen molar-refractivity contribution in [3.8, 4) is 0 Å². The van der Waals surface area contributed by atoms with Crippen molar-refractivity contribution in [2.75, 3.05) is 12.4 Å². The standard InChI is InChI=1S/C26H24N6O3/c1-27-25(33)23-11-19-18-4-2-3-5-21(18)30-22(19)14-32(23)26(34)24-15(8-9-35-24)12-28-17-6-7-20-16(10-17)13-29-31-20/h2-10,13,23,28,30H,11-12,14H2,1H3,(H,27,33)(H,29,31). The second-order valence-corrected chi connectivity index (χ2v) is 8.70. The maximum absolute atomic E-state index is 13.7. The molecule has 6 rings (SSSR count). The third kappa shape index (κ3) is 3.61. The van der Waals surface area contributed by atoms with Crippen molar-refractivity contribution in [1.82, 2.24) is 25.4 Å². The normalized spacial score (nSPS) is 15.3. The molecule has 1 aliphatic rings. The zero-order valence-electron chi connectivity index (χ0n) is 19.1. The van der Waals surface area contributed by atoms with Crippen LogP contribution in [-0.2, 0) is 24.3 Å². The van der Waals surface area contributed by atoms with Crippen LogP contribution >= 0.6 is 0 Å². The fourth-order valence-electron chi connectivity index (χ4n) is 4.87. The summed E-state index contributed by atoms with van der Waals surface area (Å²) in [4.78, 5) is 31.5. The van der Waals surface area contributed by atoms with E-state index in [1.165, 1.54) is 6.26 Å². The van der Waals surface area contributed by atoms with Crippen LogP contribution in [0.4, 0.5) is 5.69 Å². The number of hydrogen-bond donors (Lipinski definition) is 4. The molecule has 3 aromatic heterocycles.